The fraction of sp³-hybridized carbons (Fsp3) is 0.0435. The number of anilines is 2. The largest absolute Gasteiger partial charge is 0.483 e. The molecule has 0 aliphatic rings. The van der Waals surface area contributed by atoms with Gasteiger partial charge in [-0.15, -0.1) is 0 Å². The zero-order valence-corrected chi connectivity index (χ0v) is 20.7. The molecule has 0 spiro atoms. The summed E-state index contributed by atoms with van der Waals surface area (Å²) in [5, 5.41) is 9.82. The molecule has 3 N–H and O–H groups in total. The number of amides is 3. The van der Waals surface area contributed by atoms with Crippen molar-refractivity contribution in [3.63, 3.8) is 0 Å². The highest BCUT2D eigenvalue weighted by Gasteiger charge is 2.15. The normalized spacial score (nSPS) is 10.6. The summed E-state index contributed by atoms with van der Waals surface area (Å²) in [4.78, 5) is 36.3. The van der Waals surface area contributed by atoms with Crippen LogP contribution in [0, 0.1) is 0 Å². The van der Waals surface area contributed by atoms with E-state index in [1.54, 1.807) is 54.6 Å². The quantitative estimate of drug-likeness (QED) is 0.206. The average molecular weight is 554 g/mol. The molecule has 0 heterocycles. The van der Waals surface area contributed by atoms with Gasteiger partial charge >= 0.3 is 11.8 Å². The second-order valence-corrected chi connectivity index (χ2v) is 8.45. The van der Waals surface area contributed by atoms with Crippen LogP contribution in [0.5, 0.6) is 5.75 Å². The lowest BCUT2D eigenvalue weighted by Gasteiger charge is -2.10. The lowest BCUT2D eigenvalue weighted by Crippen LogP contribution is -2.32. The number of nitrogens with zero attached hydrogens (tertiary/aromatic N) is 1. The smallest absolute Gasteiger partial charge is 0.329 e. The fourth-order valence-electron chi connectivity index (χ4n) is 2.68. The first-order valence-electron chi connectivity index (χ1n) is 9.79. The molecule has 3 amide bonds. The molecule has 12 heteroatoms. The summed E-state index contributed by atoms with van der Waals surface area (Å²) in [5.74, 6) is -2.15. The van der Waals surface area contributed by atoms with Gasteiger partial charge in [0.05, 0.1) is 21.9 Å². The van der Waals surface area contributed by atoms with Crippen molar-refractivity contribution < 1.29 is 19.1 Å². The van der Waals surface area contributed by atoms with Crippen LogP contribution in [0.3, 0.4) is 0 Å². The Bertz CT molecular complexity index is 1280. The summed E-state index contributed by atoms with van der Waals surface area (Å²) < 4.78 is 5.55. The predicted molar refractivity (Wildman–Crippen MR) is 138 cm³/mol. The van der Waals surface area contributed by atoms with Crippen LogP contribution in [-0.4, -0.2) is 30.5 Å². The minimum Gasteiger partial charge on any atom is -0.483 e. The van der Waals surface area contributed by atoms with Gasteiger partial charge in [-0.3, -0.25) is 14.4 Å². The first kappa shape index (κ1) is 26.3. The van der Waals surface area contributed by atoms with Crippen molar-refractivity contribution in [3.05, 3.63) is 86.3 Å². The molecule has 0 aliphatic carbocycles. The van der Waals surface area contributed by atoms with Crippen molar-refractivity contribution in [1.29, 1.82) is 0 Å². The molecule has 3 aromatic carbocycles. The van der Waals surface area contributed by atoms with E-state index in [4.69, 9.17) is 51.1 Å². The van der Waals surface area contributed by atoms with Crippen molar-refractivity contribution in [2.24, 2.45) is 5.10 Å². The van der Waals surface area contributed by atoms with Crippen LogP contribution in [0.2, 0.25) is 20.1 Å². The third-order valence-corrected chi connectivity index (χ3v) is 5.46. The average Bonchev–Trinajstić information content (AvgIpc) is 2.80. The zero-order valence-electron chi connectivity index (χ0n) is 17.7. The minimum absolute atomic E-state index is 0.104. The summed E-state index contributed by atoms with van der Waals surface area (Å²) in [6.07, 6.45) is 1.27. The van der Waals surface area contributed by atoms with E-state index in [1.165, 1.54) is 12.3 Å². The first-order valence-corrected chi connectivity index (χ1v) is 11.3. The summed E-state index contributed by atoms with van der Waals surface area (Å²) >= 11 is 23.7. The second kappa shape index (κ2) is 12.4. The van der Waals surface area contributed by atoms with Gasteiger partial charge in [0.15, 0.2) is 6.61 Å². The summed E-state index contributed by atoms with van der Waals surface area (Å²) in [6, 6.07) is 15.9. The van der Waals surface area contributed by atoms with Crippen molar-refractivity contribution >= 4 is 81.7 Å². The highest BCUT2D eigenvalue weighted by Crippen LogP contribution is 2.29. The Hall–Kier alpha value is -3.30. The molecule has 0 radical (unpaired) electrons. The lowest BCUT2D eigenvalue weighted by atomic mass is 10.2. The Morgan fingerprint density at radius 2 is 1.57 bits per heavy atom. The molecule has 0 bridgehead atoms. The standard InChI is InChI=1S/C23H16Cl4N4O4/c24-14-8-15(25)10-16(9-14)29-20(32)12-35-19-7-2-1-4-13(19)11-28-31-23(34)22(33)30-18-6-3-5-17(26)21(18)27/h1-11H,12H2,(H,29,32)(H,30,33)(H,31,34)/b28-11-. The number of carbonyl (C=O) groups excluding carboxylic acids is 3. The molecule has 0 fully saturated rings. The Morgan fingerprint density at radius 1 is 0.857 bits per heavy atom. The molecule has 8 nitrogen and oxygen atoms in total. The van der Waals surface area contributed by atoms with Crippen LogP contribution in [-0.2, 0) is 14.4 Å². The molecule has 35 heavy (non-hydrogen) atoms. The number of hydrogen-bond acceptors (Lipinski definition) is 5. The molecule has 0 saturated heterocycles. The lowest BCUT2D eigenvalue weighted by molar-refractivity contribution is -0.136. The maximum absolute atomic E-state index is 12.2. The maximum Gasteiger partial charge on any atom is 0.329 e. The molecule has 0 atom stereocenters. The molecule has 0 saturated carbocycles. The number of carbonyl (C=O) groups is 3. The van der Waals surface area contributed by atoms with Gasteiger partial charge in [-0.1, -0.05) is 64.6 Å². The Labute approximate surface area is 220 Å². The molecule has 0 aromatic heterocycles. The van der Waals surface area contributed by atoms with Gasteiger partial charge in [0.2, 0.25) is 0 Å². The van der Waals surface area contributed by atoms with Crippen LogP contribution in [0.1, 0.15) is 5.56 Å². The van der Waals surface area contributed by atoms with Crippen LogP contribution >= 0.6 is 46.4 Å². The van der Waals surface area contributed by atoms with E-state index in [2.05, 4.69) is 21.2 Å². The number of hydrazone groups is 1. The molecular formula is C23H16Cl4N4O4. The van der Waals surface area contributed by atoms with E-state index in [9.17, 15) is 14.4 Å². The van der Waals surface area contributed by atoms with Crippen molar-refractivity contribution in [3.8, 4) is 5.75 Å². The van der Waals surface area contributed by atoms with Gasteiger partial charge in [-0.25, -0.2) is 5.43 Å². The van der Waals surface area contributed by atoms with Gasteiger partial charge in [-0.2, -0.15) is 5.10 Å². The van der Waals surface area contributed by atoms with Gasteiger partial charge in [0.1, 0.15) is 5.75 Å². The summed E-state index contributed by atoms with van der Waals surface area (Å²) in [6.45, 7) is -0.315. The highest BCUT2D eigenvalue weighted by atomic mass is 35.5. The van der Waals surface area contributed by atoms with E-state index in [1.807, 2.05) is 0 Å². The Balaban J connectivity index is 1.55. The monoisotopic (exact) mass is 552 g/mol. The third-order valence-electron chi connectivity index (χ3n) is 4.20. The van der Waals surface area contributed by atoms with Crippen LogP contribution in [0.15, 0.2) is 65.8 Å². The topological polar surface area (TPSA) is 109 Å². The third kappa shape index (κ3) is 7.87. The molecule has 0 unspecified atom stereocenters. The van der Waals surface area contributed by atoms with E-state index in [-0.39, 0.29) is 22.3 Å². The van der Waals surface area contributed by atoms with E-state index in [0.29, 0.717) is 27.0 Å². The maximum atomic E-state index is 12.2. The molecular weight excluding hydrogens is 538 g/mol. The second-order valence-electron chi connectivity index (χ2n) is 6.79. The Kier molecular flexibility index (Phi) is 9.33. The van der Waals surface area contributed by atoms with Gasteiger partial charge in [0, 0.05) is 21.3 Å². The zero-order chi connectivity index (χ0) is 25.4. The van der Waals surface area contributed by atoms with Crippen LogP contribution < -0.4 is 20.8 Å². The van der Waals surface area contributed by atoms with Crippen molar-refractivity contribution in [1.82, 2.24) is 5.43 Å². The van der Waals surface area contributed by atoms with Crippen molar-refractivity contribution in [2.75, 3.05) is 17.2 Å². The van der Waals surface area contributed by atoms with Crippen molar-refractivity contribution in [2.45, 2.75) is 0 Å². The van der Waals surface area contributed by atoms with E-state index in [0.717, 1.165) is 0 Å². The number of ether oxygens (including phenoxy) is 1. The van der Waals surface area contributed by atoms with Crippen LogP contribution in [0.25, 0.3) is 0 Å². The minimum atomic E-state index is -1.03. The molecule has 0 aliphatic heterocycles. The van der Waals surface area contributed by atoms with Gasteiger partial charge in [-0.05, 0) is 42.5 Å². The molecule has 3 rings (SSSR count). The molecule has 180 valence electrons. The summed E-state index contributed by atoms with van der Waals surface area (Å²) in [7, 11) is 0. The number of nitrogens with one attached hydrogen (secondary N) is 3. The SMILES string of the molecule is O=C(COc1ccccc1/C=N\NC(=O)C(=O)Nc1cccc(Cl)c1Cl)Nc1cc(Cl)cc(Cl)c1. The molecule has 3 aromatic rings. The number of rotatable bonds is 7. The van der Waals surface area contributed by atoms with Crippen LogP contribution in [0.4, 0.5) is 11.4 Å². The first-order chi connectivity index (χ1) is 16.7. The number of benzene rings is 3. The van der Waals surface area contributed by atoms with Gasteiger partial charge < -0.3 is 15.4 Å². The number of halogens is 4. The van der Waals surface area contributed by atoms with E-state index < -0.39 is 17.7 Å². The van der Waals surface area contributed by atoms with E-state index >= 15 is 0 Å². The fourth-order valence-corrected chi connectivity index (χ4v) is 3.55. The predicted octanol–water partition coefficient (Wildman–Crippen LogP) is 5.41. The Morgan fingerprint density at radius 3 is 2.31 bits per heavy atom. The number of hydrogen-bond donors (Lipinski definition) is 3. The highest BCUT2D eigenvalue weighted by molar-refractivity contribution is 6.45. The summed E-state index contributed by atoms with van der Waals surface area (Å²) in [5.41, 5.74) is 3.16. The number of para-hydroxylation sites is 1. The van der Waals surface area contributed by atoms with Gasteiger partial charge in [0.25, 0.3) is 5.91 Å².